The van der Waals surface area contributed by atoms with Crippen molar-refractivity contribution in [1.29, 1.82) is 0 Å². The van der Waals surface area contributed by atoms with E-state index in [2.05, 4.69) is 144 Å². The Bertz CT molecular complexity index is 6080. The molecule has 0 fully saturated rings. The van der Waals surface area contributed by atoms with Crippen LogP contribution in [0.4, 0.5) is 19.0 Å². The van der Waals surface area contributed by atoms with Gasteiger partial charge >= 0.3 is 17.9 Å². The molecule has 1 amide bonds. The molecule has 119 heavy (non-hydrogen) atoms. The van der Waals surface area contributed by atoms with Gasteiger partial charge in [0.15, 0.2) is 10.3 Å². The number of benzene rings is 12. The van der Waals surface area contributed by atoms with Gasteiger partial charge in [0.2, 0.25) is 5.91 Å². The fourth-order valence-electron chi connectivity index (χ4n) is 21.5. The zero-order valence-corrected chi connectivity index (χ0v) is 68.0. The van der Waals surface area contributed by atoms with E-state index in [1.807, 2.05) is 141 Å². The number of anilines is 2. The molecule has 2 aromatic heterocycles. The lowest BCUT2D eigenvalue weighted by Gasteiger charge is -2.53. The number of nitrogens with one attached hydrogen (secondary N) is 1. The molecule has 8 bridgehead atoms. The number of nitrogens with two attached hydrogens (primary N) is 1. The second-order valence-corrected chi connectivity index (χ2v) is 34.6. The molecule has 7 atom stereocenters. The molecule has 7 unspecified atom stereocenters. The number of amides is 1. The molecule has 6 N–H and O–H groups in total. The maximum atomic E-state index is 14.3. The van der Waals surface area contributed by atoms with E-state index >= 15 is 0 Å². The lowest BCUT2D eigenvalue weighted by molar-refractivity contribution is -0.163. The molecule has 12 aromatic carbocycles. The highest BCUT2D eigenvalue weighted by molar-refractivity contribution is 7.14. The summed E-state index contributed by atoms with van der Waals surface area (Å²) in [4.78, 5) is 60.4. The Morgan fingerprint density at radius 1 is 0.370 bits per heavy atom. The van der Waals surface area contributed by atoms with Gasteiger partial charge < -0.3 is 40.6 Å². The van der Waals surface area contributed by atoms with Crippen LogP contribution in [0.1, 0.15) is 170 Å². The molecule has 14 aromatic rings. The van der Waals surface area contributed by atoms with Crippen LogP contribution in [0, 0.1) is 33.3 Å². The standard InChI is InChI=1S/C31H23FN2O2S.2C19H18O3.C19H18O2.C13H9FN2S/c1-31(27-22-12-6-4-10-20(22)26(28(31)35)21-11-5-7-13-23(21)27)29(36)34-30-33-25(16-37-30)19-14-15-24(32)18-9-3-2-8-17(18)19;2*1-19(18(21)22-2)16-13-9-5-3-7-11(13)15(17(19)20)12-8-4-6-10-14(12)16;1-19(18(20)21-2)11-16-12-7-3-5-9-14(12)17(19)15-10-6-4-8-13(15)16;14-11-6-5-10(12-7-17-13(15)16-12)8-3-1-2-4-9(8)11/h2-16,26-28,35H,1H3,(H,33,34,36);2*3-10,15-17,20H,1-2H3;3-10,16-17H,11H2,1-2H3;1-7H,(H2,15,16). The number of carbonyl (C=O) groups excluding carboxylic acids is 4. The minimum absolute atomic E-state index is 0.0958. The molecule has 0 aliphatic heterocycles. The number of nitrogen functional groups attached to an aromatic ring is 1. The monoisotopic (exact) mass is 1620 g/mol. The molecular formula is C101H86F2N4O10S2. The van der Waals surface area contributed by atoms with Gasteiger partial charge in [-0.2, -0.15) is 0 Å². The van der Waals surface area contributed by atoms with Crippen LogP contribution in [0.25, 0.3) is 44.1 Å². The van der Waals surface area contributed by atoms with Gasteiger partial charge in [-0.25, -0.2) is 18.7 Å². The minimum atomic E-state index is -1.08. The Kier molecular flexibility index (Phi) is 19.9. The number of esters is 3. The molecule has 18 heteroatoms. The molecule has 0 saturated heterocycles. The summed E-state index contributed by atoms with van der Waals surface area (Å²) < 4.78 is 43.2. The van der Waals surface area contributed by atoms with E-state index < -0.39 is 40.0 Å². The zero-order valence-electron chi connectivity index (χ0n) is 66.4. The SMILES string of the molecule is CC1(C(=O)Nc2nc(-c3ccc(F)c4ccccc34)cs2)C2c3ccccc3C(c3ccccc32)C1O.COC(=O)C1(C)C2c3ccccc3C(c3ccccc32)C1O.COC(=O)C1(C)C2c3ccccc3C(c3ccccc32)C1O.COC(=O)C1(C)CC2c3ccccc3C1c1ccccc12.Nc1nc(-c2ccc(F)c3ccccc23)cs1. The highest BCUT2D eigenvalue weighted by atomic mass is 32.1. The summed E-state index contributed by atoms with van der Waals surface area (Å²) in [6.07, 6.45) is -1.62. The van der Waals surface area contributed by atoms with Gasteiger partial charge in [0, 0.05) is 80.0 Å². The number of thiazole rings is 2. The van der Waals surface area contributed by atoms with Crippen LogP contribution in [-0.2, 0) is 33.4 Å². The lowest BCUT2D eigenvalue weighted by Crippen LogP contribution is -2.56. The van der Waals surface area contributed by atoms with Gasteiger partial charge in [-0.05, 0) is 158 Å². The first-order chi connectivity index (χ1) is 57.6. The van der Waals surface area contributed by atoms with Gasteiger partial charge in [0.05, 0.1) is 61.9 Å². The smallest absolute Gasteiger partial charge is 0.315 e. The highest BCUT2D eigenvalue weighted by Crippen LogP contribution is 2.66. The van der Waals surface area contributed by atoms with Crippen molar-refractivity contribution < 1.29 is 57.5 Å². The van der Waals surface area contributed by atoms with Crippen LogP contribution in [0.3, 0.4) is 0 Å². The average molecular weight is 1620 g/mol. The van der Waals surface area contributed by atoms with Crippen molar-refractivity contribution in [1.82, 2.24) is 9.97 Å². The van der Waals surface area contributed by atoms with E-state index in [1.54, 1.807) is 24.3 Å². The summed E-state index contributed by atoms with van der Waals surface area (Å²) in [5.41, 5.74) is 24.0. The van der Waals surface area contributed by atoms with Crippen LogP contribution in [0.5, 0.6) is 0 Å². The molecule has 596 valence electrons. The average Bonchev–Trinajstić information content (AvgIpc) is 0.800. The zero-order chi connectivity index (χ0) is 82.7. The first-order valence-electron chi connectivity index (χ1n) is 39.9. The summed E-state index contributed by atoms with van der Waals surface area (Å²) in [6, 6.07) is 86.8. The molecule has 12 aliphatic carbocycles. The Hall–Kier alpha value is -12.2. The largest absolute Gasteiger partial charge is 0.469 e. The van der Waals surface area contributed by atoms with E-state index in [-0.39, 0.29) is 76.9 Å². The molecule has 0 saturated carbocycles. The maximum absolute atomic E-state index is 14.3. The van der Waals surface area contributed by atoms with Crippen LogP contribution in [0.2, 0.25) is 0 Å². The Morgan fingerprint density at radius 2 is 0.655 bits per heavy atom. The van der Waals surface area contributed by atoms with Crippen molar-refractivity contribution in [3.8, 4) is 22.5 Å². The normalized spacial score (nSPS) is 25.5. The van der Waals surface area contributed by atoms with Crippen molar-refractivity contribution in [3.63, 3.8) is 0 Å². The maximum Gasteiger partial charge on any atom is 0.315 e. The minimum Gasteiger partial charge on any atom is -0.469 e. The molecular weight excluding hydrogens is 1530 g/mol. The van der Waals surface area contributed by atoms with Crippen molar-refractivity contribution in [3.05, 3.63) is 378 Å². The summed E-state index contributed by atoms with van der Waals surface area (Å²) in [7, 11) is 4.27. The van der Waals surface area contributed by atoms with Crippen molar-refractivity contribution >= 4 is 78.3 Å². The Morgan fingerprint density at radius 3 is 0.992 bits per heavy atom. The second kappa shape index (κ2) is 30.3. The van der Waals surface area contributed by atoms with Crippen molar-refractivity contribution in [2.75, 3.05) is 32.4 Å². The van der Waals surface area contributed by atoms with E-state index in [0.29, 0.717) is 32.6 Å². The van der Waals surface area contributed by atoms with Crippen LogP contribution >= 0.6 is 22.7 Å². The fraction of sp³-hybridized carbons (Fsp3) is 0.228. The van der Waals surface area contributed by atoms with Crippen LogP contribution in [-0.4, -0.2) is 88.7 Å². The number of aromatic nitrogens is 2. The number of rotatable bonds is 7. The number of nitrogens with zero attached hydrogens (tertiary/aromatic N) is 2. The predicted octanol–water partition coefficient (Wildman–Crippen LogP) is 19.9. The number of hydrogen-bond donors (Lipinski definition) is 5. The summed E-state index contributed by atoms with van der Waals surface area (Å²) in [6.45, 7) is 7.57. The van der Waals surface area contributed by atoms with E-state index in [1.165, 1.54) is 78.4 Å². The van der Waals surface area contributed by atoms with Gasteiger partial charge in [-0.15, -0.1) is 22.7 Å². The number of hydrogen-bond acceptors (Lipinski definition) is 15. The Labute approximate surface area is 696 Å². The third kappa shape index (κ3) is 12.1. The number of halogens is 2. The lowest BCUT2D eigenvalue weighted by atomic mass is 9.51. The number of methoxy groups -OCH3 is 3. The van der Waals surface area contributed by atoms with E-state index in [0.717, 1.165) is 101 Å². The molecule has 2 heterocycles. The number of carbonyl (C=O) groups is 4. The molecule has 12 aliphatic rings. The number of ether oxygens (including phenoxy) is 3. The van der Waals surface area contributed by atoms with E-state index in [9.17, 15) is 43.3 Å². The van der Waals surface area contributed by atoms with Gasteiger partial charge in [-0.1, -0.05) is 243 Å². The third-order valence-electron chi connectivity index (χ3n) is 27.0. The predicted molar refractivity (Wildman–Crippen MR) is 460 cm³/mol. The second-order valence-electron chi connectivity index (χ2n) is 32.9. The number of aliphatic hydroxyl groups excluding tert-OH is 3. The van der Waals surface area contributed by atoms with Crippen molar-refractivity contribution in [2.45, 2.75) is 99.8 Å². The Balaban J connectivity index is 0.000000105. The molecule has 0 radical (unpaired) electrons. The van der Waals surface area contributed by atoms with Crippen molar-refractivity contribution in [2.24, 2.45) is 21.7 Å². The topological polar surface area (TPSA) is 220 Å². The van der Waals surface area contributed by atoms with Gasteiger partial charge in [0.25, 0.3) is 0 Å². The van der Waals surface area contributed by atoms with Crippen LogP contribution in [0.15, 0.2) is 278 Å². The first kappa shape index (κ1) is 78.0. The summed E-state index contributed by atoms with van der Waals surface area (Å²) >= 11 is 2.71. The molecule has 26 rings (SSSR count). The summed E-state index contributed by atoms with van der Waals surface area (Å²) in [5.74, 6) is -2.41. The van der Waals surface area contributed by atoms with Gasteiger partial charge in [-0.3, -0.25) is 19.2 Å². The fourth-order valence-corrected chi connectivity index (χ4v) is 22.8. The summed E-state index contributed by atoms with van der Waals surface area (Å²) in [5, 5.41) is 44.2. The highest BCUT2D eigenvalue weighted by Gasteiger charge is 2.64. The quantitative estimate of drug-likeness (QED) is 0.0741. The third-order valence-corrected chi connectivity index (χ3v) is 28.4. The first-order valence-corrected chi connectivity index (χ1v) is 41.7. The number of aliphatic hydroxyl groups is 3. The molecule has 14 nitrogen and oxygen atoms in total. The van der Waals surface area contributed by atoms with E-state index in [4.69, 9.17) is 19.9 Å². The van der Waals surface area contributed by atoms with Gasteiger partial charge in [0.1, 0.15) is 22.5 Å². The van der Waals surface area contributed by atoms with Crippen LogP contribution < -0.4 is 11.1 Å². The molecule has 0 spiro atoms. The number of fused-ring (bicyclic) bond motifs is 6.